The van der Waals surface area contributed by atoms with Gasteiger partial charge in [-0.15, -0.1) is 11.6 Å². The van der Waals surface area contributed by atoms with Crippen molar-refractivity contribution in [2.45, 2.75) is 12.3 Å². The molecule has 0 bridgehead atoms. The number of carboxylic acids is 1. The molecule has 0 atom stereocenters. The van der Waals surface area contributed by atoms with Crippen molar-refractivity contribution in [3.05, 3.63) is 34.6 Å². The van der Waals surface area contributed by atoms with Gasteiger partial charge >= 0.3 is 5.97 Å². The van der Waals surface area contributed by atoms with Crippen molar-refractivity contribution in [2.75, 3.05) is 0 Å². The van der Waals surface area contributed by atoms with Crippen LogP contribution in [0, 0.1) is 17.1 Å². The van der Waals surface area contributed by atoms with E-state index in [1.165, 1.54) is 6.07 Å². The molecule has 0 unspecified atom stereocenters. The molecule has 0 heterocycles. The van der Waals surface area contributed by atoms with Crippen LogP contribution in [0.4, 0.5) is 4.39 Å². The molecule has 0 aliphatic heterocycles. The molecular weight excluding hydrogens is 221 g/mol. The minimum atomic E-state index is -1.13. The Labute approximate surface area is 90.7 Å². The number of hydrogen-bond donors (Lipinski definition) is 1. The summed E-state index contributed by atoms with van der Waals surface area (Å²) in [5, 5.41) is 17.2. The molecular formula is C10H7ClFNO2. The van der Waals surface area contributed by atoms with Gasteiger partial charge in [-0.3, -0.25) is 4.79 Å². The molecule has 1 aromatic rings. The van der Waals surface area contributed by atoms with Gasteiger partial charge in [0.05, 0.1) is 18.1 Å². The molecule has 1 N–H and O–H groups in total. The smallest absolute Gasteiger partial charge is 0.307 e. The Morgan fingerprint density at radius 1 is 1.53 bits per heavy atom. The van der Waals surface area contributed by atoms with E-state index < -0.39 is 18.2 Å². The van der Waals surface area contributed by atoms with Crippen LogP contribution in [0.5, 0.6) is 0 Å². The Balaban J connectivity index is 3.21. The lowest BCUT2D eigenvalue weighted by molar-refractivity contribution is -0.136. The van der Waals surface area contributed by atoms with Crippen LogP contribution in [0.3, 0.4) is 0 Å². The average molecular weight is 228 g/mol. The number of aliphatic carboxylic acids is 1. The largest absolute Gasteiger partial charge is 0.481 e. The van der Waals surface area contributed by atoms with Gasteiger partial charge in [0.2, 0.25) is 0 Å². The maximum atomic E-state index is 13.3. The maximum absolute atomic E-state index is 13.3. The van der Waals surface area contributed by atoms with E-state index in [4.69, 9.17) is 22.0 Å². The zero-order valence-electron chi connectivity index (χ0n) is 7.63. The van der Waals surface area contributed by atoms with Gasteiger partial charge in [-0.1, -0.05) is 0 Å². The van der Waals surface area contributed by atoms with Crippen LogP contribution >= 0.6 is 11.6 Å². The fourth-order valence-electron chi connectivity index (χ4n) is 1.18. The first kappa shape index (κ1) is 11.5. The number of nitriles is 1. The summed E-state index contributed by atoms with van der Waals surface area (Å²) in [5.41, 5.74) is 0.616. The van der Waals surface area contributed by atoms with Crippen molar-refractivity contribution in [3.8, 4) is 6.07 Å². The monoisotopic (exact) mass is 227 g/mol. The van der Waals surface area contributed by atoms with Crippen LogP contribution in [-0.4, -0.2) is 11.1 Å². The van der Waals surface area contributed by atoms with Gasteiger partial charge in [0, 0.05) is 5.88 Å². The Morgan fingerprint density at radius 3 is 2.67 bits per heavy atom. The first-order valence-corrected chi connectivity index (χ1v) is 4.61. The topological polar surface area (TPSA) is 61.1 Å². The highest BCUT2D eigenvalue weighted by atomic mass is 35.5. The molecule has 78 valence electrons. The standard InChI is InChI=1S/C10H7ClFNO2/c11-4-7-1-6(3-10(14)15)9(12)2-8(7)5-13/h1-2H,3-4H2,(H,14,15). The summed E-state index contributed by atoms with van der Waals surface area (Å²) in [7, 11) is 0. The van der Waals surface area contributed by atoms with Gasteiger partial charge in [-0.25, -0.2) is 4.39 Å². The van der Waals surface area contributed by atoms with Crippen molar-refractivity contribution in [1.29, 1.82) is 5.26 Å². The molecule has 0 aliphatic carbocycles. The Morgan fingerprint density at radius 2 is 2.20 bits per heavy atom. The van der Waals surface area contributed by atoms with Crippen LogP contribution in [0.25, 0.3) is 0 Å². The van der Waals surface area contributed by atoms with E-state index in [-0.39, 0.29) is 17.0 Å². The molecule has 3 nitrogen and oxygen atoms in total. The fraction of sp³-hybridized carbons (Fsp3) is 0.200. The number of carboxylic acid groups (broad SMARTS) is 1. The van der Waals surface area contributed by atoms with Crippen LogP contribution < -0.4 is 0 Å². The summed E-state index contributed by atoms with van der Waals surface area (Å²) < 4.78 is 13.3. The third-order valence-corrected chi connectivity index (χ3v) is 2.17. The molecule has 0 radical (unpaired) electrons. The molecule has 15 heavy (non-hydrogen) atoms. The number of hydrogen-bond acceptors (Lipinski definition) is 2. The van der Waals surface area contributed by atoms with E-state index in [0.717, 1.165) is 6.07 Å². The Bertz CT molecular complexity index is 440. The zero-order valence-corrected chi connectivity index (χ0v) is 8.38. The number of halogens is 2. The quantitative estimate of drug-likeness (QED) is 0.804. The van der Waals surface area contributed by atoms with E-state index in [9.17, 15) is 9.18 Å². The summed E-state index contributed by atoms with van der Waals surface area (Å²) in [6.45, 7) is 0. The van der Waals surface area contributed by atoms with E-state index in [1.807, 2.05) is 0 Å². The molecule has 0 saturated heterocycles. The van der Waals surface area contributed by atoms with Crippen LogP contribution in [0.2, 0.25) is 0 Å². The second-order valence-electron chi connectivity index (χ2n) is 2.92. The van der Waals surface area contributed by atoms with Crippen LogP contribution in [0.1, 0.15) is 16.7 Å². The highest BCUT2D eigenvalue weighted by Gasteiger charge is 2.11. The Hall–Kier alpha value is -1.60. The first-order chi connectivity index (χ1) is 7.08. The lowest BCUT2D eigenvalue weighted by Crippen LogP contribution is -2.04. The van der Waals surface area contributed by atoms with E-state index >= 15 is 0 Å². The molecule has 0 fully saturated rings. The summed E-state index contributed by atoms with van der Waals surface area (Å²) in [6.07, 6.45) is -0.415. The maximum Gasteiger partial charge on any atom is 0.307 e. The predicted molar refractivity (Wildman–Crippen MR) is 52.0 cm³/mol. The predicted octanol–water partition coefficient (Wildman–Crippen LogP) is 2.06. The van der Waals surface area contributed by atoms with Crippen LogP contribution in [0.15, 0.2) is 12.1 Å². The lowest BCUT2D eigenvalue weighted by atomic mass is 10.0. The van der Waals surface area contributed by atoms with Crippen molar-refractivity contribution in [3.63, 3.8) is 0 Å². The van der Waals surface area contributed by atoms with Gasteiger partial charge < -0.3 is 5.11 Å². The van der Waals surface area contributed by atoms with Gasteiger partial charge in [-0.05, 0) is 23.3 Å². The highest BCUT2D eigenvalue weighted by molar-refractivity contribution is 6.17. The van der Waals surface area contributed by atoms with Gasteiger partial charge in [0.1, 0.15) is 5.82 Å². The van der Waals surface area contributed by atoms with Gasteiger partial charge in [0.25, 0.3) is 0 Å². The third-order valence-electron chi connectivity index (χ3n) is 1.88. The molecule has 0 spiro atoms. The molecule has 0 amide bonds. The number of benzene rings is 1. The Kier molecular flexibility index (Phi) is 3.64. The minimum absolute atomic E-state index is 0.0390. The summed E-state index contributed by atoms with van der Waals surface area (Å²) in [6, 6.07) is 4.12. The molecule has 1 aromatic carbocycles. The minimum Gasteiger partial charge on any atom is -0.481 e. The molecule has 0 aromatic heterocycles. The fourth-order valence-corrected chi connectivity index (χ4v) is 1.40. The number of carbonyl (C=O) groups is 1. The van der Waals surface area contributed by atoms with Crippen molar-refractivity contribution >= 4 is 17.6 Å². The molecule has 5 heteroatoms. The van der Waals surface area contributed by atoms with Crippen molar-refractivity contribution in [1.82, 2.24) is 0 Å². The summed E-state index contributed by atoms with van der Waals surface area (Å²) in [5.74, 6) is -1.77. The second-order valence-corrected chi connectivity index (χ2v) is 3.18. The van der Waals surface area contributed by atoms with E-state index in [1.54, 1.807) is 6.07 Å². The van der Waals surface area contributed by atoms with Gasteiger partial charge in [-0.2, -0.15) is 5.26 Å². The SMILES string of the molecule is N#Cc1cc(F)c(CC(=O)O)cc1CCl. The number of alkyl halides is 1. The molecule has 0 aliphatic rings. The third kappa shape index (κ3) is 2.67. The summed E-state index contributed by atoms with van der Waals surface area (Å²) >= 11 is 5.55. The number of nitrogens with zero attached hydrogens (tertiary/aromatic N) is 1. The summed E-state index contributed by atoms with van der Waals surface area (Å²) in [4.78, 5) is 10.4. The first-order valence-electron chi connectivity index (χ1n) is 4.07. The van der Waals surface area contributed by atoms with E-state index in [2.05, 4.69) is 0 Å². The highest BCUT2D eigenvalue weighted by Crippen LogP contribution is 2.18. The van der Waals surface area contributed by atoms with Crippen LogP contribution in [-0.2, 0) is 17.1 Å². The average Bonchev–Trinajstić information content (AvgIpc) is 2.19. The van der Waals surface area contributed by atoms with Gasteiger partial charge in [0.15, 0.2) is 0 Å². The zero-order chi connectivity index (χ0) is 11.4. The number of rotatable bonds is 3. The van der Waals surface area contributed by atoms with Crippen molar-refractivity contribution in [2.24, 2.45) is 0 Å². The van der Waals surface area contributed by atoms with E-state index in [0.29, 0.717) is 5.56 Å². The lowest BCUT2D eigenvalue weighted by Gasteiger charge is -2.04. The molecule has 1 rings (SSSR count). The van der Waals surface area contributed by atoms with Crippen molar-refractivity contribution < 1.29 is 14.3 Å². The normalized spacial score (nSPS) is 9.67. The molecule has 0 saturated carbocycles. The second kappa shape index (κ2) is 4.76.